The van der Waals surface area contributed by atoms with Crippen LogP contribution in [0.5, 0.6) is 0 Å². The molecule has 0 aliphatic carbocycles. The lowest BCUT2D eigenvalue weighted by Gasteiger charge is -2.27. The maximum absolute atomic E-state index is 12.2. The Morgan fingerprint density at radius 1 is 1.42 bits per heavy atom. The molecule has 1 aliphatic heterocycles. The predicted octanol–water partition coefficient (Wildman–Crippen LogP) is -1.18. The Bertz CT molecular complexity index is 746. The monoisotopic (exact) mass is 332 g/mol. The van der Waals surface area contributed by atoms with Crippen molar-refractivity contribution in [2.45, 2.75) is 31.7 Å². The number of para-hydroxylation sites is 1. The quantitative estimate of drug-likeness (QED) is 0.632. The molecule has 1 aliphatic rings. The molecule has 0 bridgehead atoms. The molecule has 1 fully saturated rings. The smallest absolute Gasteiger partial charge is 0.252 e. The van der Waals surface area contributed by atoms with Crippen molar-refractivity contribution in [3.05, 3.63) is 24.3 Å². The molecule has 1 aromatic heterocycles. The van der Waals surface area contributed by atoms with Gasteiger partial charge in [-0.05, 0) is 25.0 Å². The third-order valence-electron chi connectivity index (χ3n) is 4.25. The summed E-state index contributed by atoms with van der Waals surface area (Å²) >= 11 is 0. The first-order valence-electron chi connectivity index (χ1n) is 7.85. The second kappa shape index (κ2) is 6.93. The number of rotatable bonds is 5. The summed E-state index contributed by atoms with van der Waals surface area (Å²) in [7, 11) is 0. The van der Waals surface area contributed by atoms with Crippen LogP contribution in [0.25, 0.3) is 11.0 Å². The number of nitrogens with zero attached hydrogens (tertiary/aromatic N) is 4. The molecule has 9 heteroatoms. The molecule has 1 unspecified atom stereocenters. The molecule has 24 heavy (non-hydrogen) atoms. The topological polar surface area (TPSA) is 126 Å². The summed E-state index contributed by atoms with van der Waals surface area (Å²) < 4.78 is 1.54. The van der Waals surface area contributed by atoms with E-state index in [1.807, 2.05) is 24.3 Å². The lowest BCUT2D eigenvalue weighted by atomic mass is 10.1. The molecule has 3 rings (SSSR count). The van der Waals surface area contributed by atoms with Gasteiger partial charge in [-0.1, -0.05) is 17.3 Å². The summed E-state index contributed by atoms with van der Waals surface area (Å²) in [6, 6.07) is 6.84. The Balaban J connectivity index is 1.63. The normalized spacial score (nSPS) is 18.8. The number of aromatic nitrogens is 3. The summed E-state index contributed by atoms with van der Waals surface area (Å²) in [6.45, 7) is 0.475. The molecule has 1 aromatic carbocycles. The zero-order valence-electron chi connectivity index (χ0n) is 13.1. The molecule has 128 valence electrons. The molecule has 2 aromatic rings. The van der Waals surface area contributed by atoms with Gasteiger partial charge in [-0.2, -0.15) is 0 Å². The number of carbonyl (C=O) groups excluding carboxylic acids is 2. The van der Waals surface area contributed by atoms with Crippen LogP contribution >= 0.6 is 0 Å². The first kappa shape index (κ1) is 16.3. The Kier molecular flexibility index (Phi) is 4.72. The van der Waals surface area contributed by atoms with Gasteiger partial charge in [0.1, 0.15) is 12.2 Å². The van der Waals surface area contributed by atoms with E-state index in [4.69, 9.17) is 5.73 Å². The number of aliphatic hydroxyl groups excluding tert-OH is 1. The molecule has 0 saturated carbocycles. The van der Waals surface area contributed by atoms with Gasteiger partial charge in [0.15, 0.2) is 6.10 Å². The minimum atomic E-state index is -1.29. The fraction of sp³-hybridized carbons (Fsp3) is 0.467. The summed E-state index contributed by atoms with van der Waals surface area (Å²) in [5, 5.41) is 20.9. The van der Waals surface area contributed by atoms with E-state index in [2.05, 4.69) is 15.6 Å². The fourth-order valence-corrected chi connectivity index (χ4v) is 3.01. The molecule has 2 amide bonds. The van der Waals surface area contributed by atoms with Crippen molar-refractivity contribution in [2.24, 2.45) is 5.73 Å². The van der Waals surface area contributed by atoms with Crippen LogP contribution in [0.4, 0.5) is 0 Å². The van der Waals surface area contributed by atoms with Crippen molar-refractivity contribution in [3.8, 4) is 0 Å². The standard InChI is InChI=1S/C15H20N6O3/c16-8-13(22)20-7-3-6-12(20)14(23)15(24)17-9-21-11-5-2-1-4-10(11)18-19-21/h1-2,4-5,12,14,23H,3,6-9,16H2,(H,17,24)/t12-,14?/m1/s1. The van der Waals surface area contributed by atoms with E-state index < -0.39 is 18.1 Å². The van der Waals surface area contributed by atoms with Gasteiger partial charge in [-0.25, -0.2) is 4.68 Å². The molecule has 0 radical (unpaired) electrons. The Morgan fingerprint density at radius 2 is 2.21 bits per heavy atom. The first-order valence-corrected chi connectivity index (χ1v) is 7.85. The van der Waals surface area contributed by atoms with Crippen LogP contribution in [0.3, 0.4) is 0 Å². The molecular weight excluding hydrogens is 312 g/mol. The number of nitrogens with two attached hydrogens (primary N) is 1. The maximum atomic E-state index is 12.2. The van der Waals surface area contributed by atoms with E-state index in [0.29, 0.717) is 13.0 Å². The Labute approximate surface area is 138 Å². The number of hydrogen-bond donors (Lipinski definition) is 3. The number of nitrogens with one attached hydrogen (secondary N) is 1. The van der Waals surface area contributed by atoms with Crippen molar-refractivity contribution < 1.29 is 14.7 Å². The Hall–Kier alpha value is -2.52. The van der Waals surface area contributed by atoms with Crippen LogP contribution in [-0.2, 0) is 16.3 Å². The van der Waals surface area contributed by atoms with Gasteiger partial charge in [0.2, 0.25) is 5.91 Å². The predicted molar refractivity (Wildman–Crippen MR) is 85.5 cm³/mol. The number of fused-ring (bicyclic) bond motifs is 1. The summed E-state index contributed by atoms with van der Waals surface area (Å²) in [4.78, 5) is 25.5. The van der Waals surface area contributed by atoms with E-state index in [1.54, 1.807) is 0 Å². The molecule has 0 spiro atoms. The van der Waals surface area contributed by atoms with Crippen LogP contribution in [0, 0.1) is 0 Å². The van der Waals surface area contributed by atoms with Crippen molar-refractivity contribution in [3.63, 3.8) is 0 Å². The van der Waals surface area contributed by atoms with Crippen molar-refractivity contribution in [1.29, 1.82) is 0 Å². The highest BCUT2D eigenvalue weighted by Gasteiger charge is 2.36. The second-order valence-electron chi connectivity index (χ2n) is 5.72. The highest BCUT2D eigenvalue weighted by molar-refractivity contribution is 5.84. The molecule has 2 atom stereocenters. The van der Waals surface area contributed by atoms with Gasteiger partial charge in [0.05, 0.1) is 18.1 Å². The number of amides is 2. The minimum absolute atomic E-state index is 0.0912. The molecule has 4 N–H and O–H groups in total. The highest BCUT2D eigenvalue weighted by Crippen LogP contribution is 2.20. The number of benzene rings is 1. The summed E-state index contributed by atoms with van der Waals surface area (Å²) in [6.07, 6.45) is 0.0268. The van der Waals surface area contributed by atoms with Crippen LogP contribution in [0.15, 0.2) is 24.3 Å². The van der Waals surface area contributed by atoms with Gasteiger partial charge in [-0.15, -0.1) is 5.10 Å². The van der Waals surface area contributed by atoms with Crippen LogP contribution < -0.4 is 11.1 Å². The van der Waals surface area contributed by atoms with Gasteiger partial charge in [0, 0.05) is 6.54 Å². The third-order valence-corrected chi connectivity index (χ3v) is 4.25. The van der Waals surface area contributed by atoms with E-state index in [0.717, 1.165) is 17.5 Å². The second-order valence-corrected chi connectivity index (χ2v) is 5.72. The fourth-order valence-electron chi connectivity index (χ4n) is 3.01. The zero-order valence-corrected chi connectivity index (χ0v) is 13.1. The largest absolute Gasteiger partial charge is 0.381 e. The van der Waals surface area contributed by atoms with E-state index >= 15 is 0 Å². The van der Waals surface area contributed by atoms with Crippen molar-refractivity contribution in [2.75, 3.05) is 13.1 Å². The number of hydrogen-bond acceptors (Lipinski definition) is 6. The zero-order chi connectivity index (χ0) is 17.1. The number of carbonyl (C=O) groups is 2. The molecule has 2 heterocycles. The summed E-state index contributed by atoms with van der Waals surface area (Å²) in [5.41, 5.74) is 6.88. The van der Waals surface area contributed by atoms with E-state index in [-0.39, 0.29) is 19.1 Å². The molecule has 1 saturated heterocycles. The van der Waals surface area contributed by atoms with Crippen LogP contribution in [0.1, 0.15) is 12.8 Å². The average Bonchev–Trinajstić information content (AvgIpc) is 3.25. The van der Waals surface area contributed by atoms with Gasteiger partial charge < -0.3 is 21.1 Å². The minimum Gasteiger partial charge on any atom is -0.381 e. The van der Waals surface area contributed by atoms with Crippen molar-refractivity contribution >= 4 is 22.8 Å². The lowest BCUT2D eigenvalue weighted by Crippen LogP contribution is -2.51. The third kappa shape index (κ3) is 3.08. The highest BCUT2D eigenvalue weighted by atomic mass is 16.3. The Morgan fingerprint density at radius 3 is 3.00 bits per heavy atom. The van der Waals surface area contributed by atoms with Crippen LogP contribution in [0.2, 0.25) is 0 Å². The van der Waals surface area contributed by atoms with E-state index in [1.165, 1.54) is 9.58 Å². The SMILES string of the molecule is NCC(=O)N1CCC[C@@H]1C(O)C(=O)NCn1nnc2ccccc21. The van der Waals surface area contributed by atoms with E-state index in [9.17, 15) is 14.7 Å². The van der Waals surface area contributed by atoms with Gasteiger partial charge >= 0.3 is 0 Å². The first-order chi connectivity index (χ1) is 11.6. The molecular formula is C15H20N6O3. The maximum Gasteiger partial charge on any atom is 0.252 e. The summed E-state index contributed by atoms with van der Waals surface area (Å²) in [5.74, 6) is -0.803. The van der Waals surface area contributed by atoms with Gasteiger partial charge in [0.25, 0.3) is 5.91 Å². The number of likely N-dealkylation sites (tertiary alicyclic amines) is 1. The number of aliphatic hydroxyl groups is 1. The van der Waals surface area contributed by atoms with Crippen molar-refractivity contribution in [1.82, 2.24) is 25.2 Å². The van der Waals surface area contributed by atoms with Gasteiger partial charge in [-0.3, -0.25) is 9.59 Å². The lowest BCUT2D eigenvalue weighted by molar-refractivity contribution is -0.138. The average molecular weight is 332 g/mol. The molecule has 9 nitrogen and oxygen atoms in total. The van der Waals surface area contributed by atoms with Crippen LogP contribution in [-0.4, -0.2) is 62.0 Å².